The molecule has 0 saturated carbocycles. The van der Waals surface area contributed by atoms with E-state index in [0.717, 1.165) is 0 Å². The maximum atomic E-state index is 5.68. The number of piperidine rings is 1. The molecule has 1 heterocycles. The Morgan fingerprint density at radius 3 is 2.47 bits per heavy atom. The van der Waals surface area contributed by atoms with Crippen LogP contribution in [0.3, 0.4) is 0 Å². The highest BCUT2D eigenvalue weighted by atomic mass is 32.1. The SMILES string of the molecule is CCN1CCC(N(C)C(C)C(N)=S)CC1. The van der Waals surface area contributed by atoms with Crippen LogP contribution in [-0.4, -0.2) is 53.6 Å². The summed E-state index contributed by atoms with van der Waals surface area (Å²) in [6, 6.07) is 0.863. The number of likely N-dealkylation sites (tertiary alicyclic amines) is 1. The molecule has 1 aliphatic heterocycles. The van der Waals surface area contributed by atoms with Crippen LogP contribution in [0.4, 0.5) is 0 Å². The molecule has 1 saturated heterocycles. The Morgan fingerprint density at radius 2 is 2.07 bits per heavy atom. The quantitative estimate of drug-likeness (QED) is 0.731. The third-order valence-electron chi connectivity index (χ3n) is 3.60. The molecule has 88 valence electrons. The first-order valence-electron chi connectivity index (χ1n) is 5.79. The van der Waals surface area contributed by atoms with Crippen LogP contribution < -0.4 is 5.73 Å². The first kappa shape index (κ1) is 12.9. The van der Waals surface area contributed by atoms with E-state index in [1.807, 2.05) is 0 Å². The molecule has 1 fully saturated rings. The number of thiocarbonyl (C=S) groups is 1. The van der Waals surface area contributed by atoms with Gasteiger partial charge >= 0.3 is 0 Å². The molecule has 1 rings (SSSR count). The van der Waals surface area contributed by atoms with Gasteiger partial charge < -0.3 is 10.6 Å². The van der Waals surface area contributed by atoms with Gasteiger partial charge in [0, 0.05) is 6.04 Å². The number of likely N-dealkylation sites (N-methyl/N-ethyl adjacent to an activating group) is 1. The standard InChI is InChI=1S/C11H23N3S/c1-4-14-7-5-10(6-8-14)13(3)9(2)11(12)15/h9-10H,4-8H2,1-3H3,(H2,12,15). The molecule has 1 unspecified atom stereocenters. The highest BCUT2D eigenvalue weighted by molar-refractivity contribution is 7.80. The lowest BCUT2D eigenvalue weighted by Crippen LogP contribution is -2.49. The molecule has 0 amide bonds. The molecule has 0 spiro atoms. The van der Waals surface area contributed by atoms with E-state index in [9.17, 15) is 0 Å². The van der Waals surface area contributed by atoms with Gasteiger partial charge in [0.2, 0.25) is 0 Å². The molecule has 0 aromatic carbocycles. The number of hydrogen-bond donors (Lipinski definition) is 1. The smallest absolute Gasteiger partial charge is 0.0899 e. The van der Waals surface area contributed by atoms with Gasteiger partial charge in [0.05, 0.1) is 11.0 Å². The van der Waals surface area contributed by atoms with Gasteiger partial charge in [-0.05, 0) is 46.4 Å². The van der Waals surface area contributed by atoms with E-state index in [0.29, 0.717) is 11.0 Å². The van der Waals surface area contributed by atoms with Crippen molar-refractivity contribution in [1.29, 1.82) is 0 Å². The van der Waals surface area contributed by atoms with E-state index >= 15 is 0 Å². The van der Waals surface area contributed by atoms with Gasteiger partial charge in [-0.15, -0.1) is 0 Å². The summed E-state index contributed by atoms with van der Waals surface area (Å²) in [4.78, 5) is 5.43. The monoisotopic (exact) mass is 229 g/mol. The lowest BCUT2D eigenvalue weighted by Gasteiger charge is -2.38. The van der Waals surface area contributed by atoms with Crippen LogP contribution in [0.1, 0.15) is 26.7 Å². The van der Waals surface area contributed by atoms with Gasteiger partial charge in [0.25, 0.3) is 0 Å². The van der Waals surface area contributed by atoms with Crippen molar-refractivity contribution in [2.45, 2.75) is 38.8 Å². The van der Waals surface area contributed by atoms with Crippen LogP contribution in [0.25, 0.3) is 0 Å². The van der Waals surface area contributed by atoms with Crippen molar-refractivity contribution < 1.29 is 0 Å². The third kappa shape index (κ3) is 3.40. The van der Waals surface area contributed by atoms with Gasteiger partial charge in [-0.25, -0.2) is 0 Å². The van der Waals surface area contributed by atoms with Gasteiger partial charge in [-0.1, -0.05) is 19.1 Å². The Bertz CT molecular complexity index is 212. The minimum Gasteiger partial charge on any atom is -0.392 e. The summed E-state index contributed by atoms with van der Waals surface area (Å²) in [5, 5.41) is 0. The Labute approximate surface area is 98.6 Å². The Hall–Kier alpha value is -0.190. The molecular formula is C11H23N3S. The molecule has 0 bridgehead atoms. The van der Waals surface area contributed by atoms with Crippen LogP contribution in [0.15, 0.2) is 0 Å². The maximum Gasteiger partial charge on any atom is 0.0899 e. The largest absolute Gasteiger partial charge is 0.392 e. The van der Waals surface area contributed by atoms with Crippen molar-refractivity contribution in [2.24, 2.45) is 5.73 Å². The highest BCUT2D eigenvalue weighted by Crippen LogP contribution is 2.17. The van der Waals surface area contributed by atoms with Gasteiger partial charge in [0.15, 0.2) is 0 Å². The zero-order valence-corrected chi connectivity index (χ0v) is 10.9. The van der Waals surface area contributed by atoms with Crippen molar-refractivity contribution in [3.63, 3.8) is 0 Å². The second-order valence-corrected chi connectivity index (χ2v) is 4.88. The van der Waals surface area contributed by atoms with Gasteiger partial charge in [-0.3, -0.25) is 4.90 Å². The first-order chi connectivity index (χ1) is 7.06. The summed E-state index contributed by atoms with van der Waals surface area (Å²) >= 11 is 5.04. The predicted octanol–water partition coefficient (Wildman–Crippen LogP) is 1.08. The summed E-state index contributed by atoms with van der Waals surface area (Å²) in [7, 11) is 2.14. The third-order valence-corrected chi connectivity index (χ3v) is 3.94. The minimum atomic E-state index is 0.221. The molecule has 0 radical (unpaired) electrons. The van der Waals surface area contributed by atoms with Gasteiger partial charge in [-0.2, -0.15) is 0 Å². The van der Waals surface area contributed by atoms with E-state index in [-0.39, 0.29) is 6.04 Å². The summed E-state index contributed by atoms with van der Waals surface area (Å²) in [6.45, 7) is 7.89. The molecule has 1 atom stereocenters. The molecule has 15 heavy (non-hydrogen) atoms. The normalized spacial score (nSPS) is 21.9. The number of hydrogen-bond acceptors (Lipinski definition) is 3. The number of rotatable bonds is 4. The fourth-order valence-electron chi connectivity index (χ4n) is 2.16. The average Bonchev–Trinajstić information content (AvgIpc) is 2.27. The van der Waals surface area contributed by atoms with Crippen molar-refractivity contribution in [1.82, 2.24) is 9.80 Å². The lowest BCUT2D eigenvalue weighted by atomic mass is 10.0. The summed E-state index contributed by atoms with van der Waals surface area (Å²) in [6.07, 6.45) is 2.47. The molecule has 1 aliphatic rings. The second-order valence-electron chi connectivity index (χ2n) is 4.41. The van der Waals surface area contributed by atoms with Crippen molar-refractivity contribution >= 4 is 17.2 Å². The Kier molecular flexibility index (Phi) is 4.96. The van der Waals surface area contributed by atoms with E-state index in [4.69, 9.17) is 18.0 Å². The predicted molar refractivity (Wildman–Crippen MR) is 69.1 cm³/mol. The number of nitrogens with two attached hydrogens (primary N) is 1. The van der Waals surface area contributed by atoms with Crippen molar-refractivity contribution in [2.75, 3.05) is 26.7 Å². The second kappa shape index (κ2) is 5.77. The Morgan fingerprint density at radius 1 is 1.53 bits per heavy atom. The highest BCUT2D eigenvalue weighted by Gasteiger charge is 2.25. The molecular weight excluding hydrogens is 206 g/mol. The fourth-order valence-corrected chi connectivity index (χ4v) is 2.33. The molecule has 0 aromatic rings. The van der Waals surface area contributed by atoms with Crippen LogP contribution in [0, 0.1) is 0 Å². The lowest BCUT2D eigenvalue weighted by molar-refractivity contribution is 0.123. The van der Waals surface area contributed by atoms with Crippen LogP contribution in [0.5, 0.6) is 0 Å². The summed E-state index contributed by atoms with van der Waals surface area (Å²) < 4.78 is 0. The summed E-state index contributed by atoms with van der Waals surface area (Å²) in [5.74, 6) is 0. The first-order valence-corrected chi connectivity index (χ1v) is 6.20. The van der Waals surface area contributed by atoms with Crippen LogP contribution in [0.2, 0.25) is 0 Å². The molecule has 2 N–H and O–H groups in total. The topological polar surface area (TPSA) is 32.5 Å². The van der Waals surface area contributed by atoms with E-state index < -0.39 is 0 Å². The Balaban J connectivity index is 2.42. The molecule has 0 aliphatic carbocycles. The van der Waals surface area contributed by atoms with E-state index in [1.54, 1.807) is 0 Å². The van der Waals surface area contributed by atoms with Crippen LogP contribution >= 0.6 is 12.2 Å². The number of nitrogens with zero attached hydrogens (tertiary/aromatic N) is 2. The molecule has 3 nitrogen and oxygen atoms in total. The van der Waals surface area contributed by atoms with E-state index in [2.05, 4.69) is 30.7 Å². The van der Waals surface area contributed by atoms with Gasteiger partial charge in [0.1, 0.15) is 0 Å². The fraction of sp³-hybridized carbons (Fsp3) is 0.909. The zero-order chi connectivity index (χ0) is 11.4. The minimum absolute atomic E-state index is 0.221. The average molecular weight is 229 g/mol. The van der Waals surface area contributed by atoms with Crippen molar-refractivity contribution in [3.8, 4) is 0 Å². The zero-order valence-electron chi connectivity index (χ0n) is 10.1. The summed E-state index contributed by atoms with van der Waals surface area (Å²) in [5.41, 5.74) is 5.68. The van der Waals surface area contributed by atoms with E-state index in [1.165, 1.54) is 32.5 Å². The molecule has 4 heteroatoms. The maximum absolute atomic E-state index is 5.68. The van der Waals surface area contributed by atoms with Crippen molar-refractivity contribution in [3.05, 3.63) is 0 Å². The molecule has 0 aromatic heterocycles. The van der Waals surface area contributed by atoms with Crippen LogP contribution in [-0.2, 0) is 0 Å².